The number of thiophene rings is 1. The van der Waals surface area contributed by atoms with Gasteiger partial charge in [0, 0.05) is 31.7 Å². The lowest BCUT2D eigenvalue weighted by atomic mass is 9.84. The number of methoxy groups -OCH3 is 3. The van der Waals surface area contributed by atoms with Gasteiger partial charge < -0.3 is 19.5 Å². The number of benzene rings is 1. The number of fused-ring (bicyclic) bond motifs is 4. The zero-order chi connectivity index (χ0) is 20.7. The molecule has 1 unspecified atom stereocenters. The second kappa shape index (κ2) is 7.61. The number of hydrogen-bond acceptors (Lipinski definition) is 8. The summed E-state index contributed by atoms with van der Waals surface area (Å²) in [6, 6.07) is 4.12. The van der Waals surface area contributed by atoms with Gasteiger partial charge in [-0.15, -0.1) is 11.3 Å². The molecular weight excluding hydrogens is 400 g/mol. The molecule has 8 heteroatoms. The maximum atomic E-state index is 5.87. The van der Waals surface area contributed by atoms with Gasteiger partial charge in [-0.25, -0.2) is 9.97 Å². The highest BCUT2D eigenvalue weighted by atomic mass is 32.1. The van der Waals surface area contributed by atoms with Crippen LogP contribution < -0.4 is 10.1 Å². The minimum atomic E-state index is -0.272. The molecule has 0 saturated heterocycles. The van der Waals surface area contributed by atoms with Crippen LogP contribution >= 0.6 is 11.3 Å². The van der Waals surface area contributed by atoms with E-state index in [1.54, 1.807) is 39.0 Å². The molecule has 3 aromatic rings. The topological polar surface area (TPSA) is 77.9 Å². The Morgan fingerprint density at radius 3 is 2.90 bits per heavy atom. The van der Waals surface area contributed by atoms with Crippen molar-refractivity contribution < 1.29 is 14.2 Å². The third-order valence-electron chi connectivity index (χ3n) is 6.03. The second-order valence-corrected chi connectivity index (χ2v) is 8.83. The third-order valence-corrected chi connectivity index (χ3v) is 7.17. The molecule has 7 nitrogen and oxygen atoms in total. The molecule has 2 aromatic heterocycles. The molecule has 1 aliphatic carbocycles. The average molecular weight is 425 g/mol. The summed E-state index contributed by atoms with van der Waals surface area (Å²) < 4.78 is 16.9. The van der Waals surface area contributed by atoms with Gasteiger partial charge in [-0.05, 0) is 41.7 Å². The molecule has 0 bridgehead atoms. The fraction of sp³-hybridized carbons (Fsp3) is 0.409. The first-order valence-electron chi connectivity index (χ1n) is 9.93. The van der Waals surface area contributed by atoms with E-state index in [1.807, 2.05) is 12.3 Å². The summed E-state index contributed by atoms with van der Waals surface area (Å²) in [5.41, 5.74) is 4.20. The zero-order valence-electron chi connectivity index (χ0n) is 17.3. The normalized spacial score (nSPS) is 19.7. The summed E-state index contributed by atoms with van der Waals surface area (Å²) >= 11 is 1.72. The maximum Gasteiger partial charge on any atom is 0.142 e. The van der Waals surface area contributed by atoms with Gasteiger partial charge >= 0.3 is 0 Å². The second-order valence-electron chi connectivity index (χ2n) is 7.75. The highest BCUT2D eigenvalue weighted by molar-refractivity contribution is 7.19. The SMILES string of the molecule is COCC1(OC)CCc2c(sc3ncnc(Nc4cc5c(cc4OC)CN=C5)c23)C1. The van der Waals surface area contributed by atoms with Gasteiger partial charge in [-0.2, -0.15) is 0 Å². The van der Waals surface area contributed by atoms with Gasteiger partial charge in [0.25, 0.3) is 0 Å². The number of nitrogens with one attached hydrogen (secondary N) is 1. The van der Waals surface area contributed by atoms with E-state index in [4.69, 9.17) is 14.2 Å². The van der Waals surface area contributed by atoms with Crippen LogP contribution in [0.5, 0.6) is 5.75 Å². The van der Waals surface area contributed by atoms with Crippen molar-refractivity contribution in [3.8, 4) is 5.75 Å². The first-order valence-corrected chi connectivity index (χ1v) is 10.7. The molecule has 1 atom stereocenters. The Bertz CT molecular complexity index is 1140. The third kappa shape index (κ3) is 3.15. The van der Waals surface area contributed by atoms with Crippen LogP contribution in [0, 0.1) is 0 Å². The van der Waals surface area contributed by atoms with E-state index in [2.05, 4.69) is 26.3 Å². The summed E-state index contributed by atoms with van der Waals surface area (Å²) in [5.74, 6) is 1.59. The van der Waals surface area contributed by atoms with Gasteiger partial charge in [0.05, 0.1) is 36.9 Å². The molecule has 3 heterocycles. The molecule has 0 amide bonds. The number of aliphatic imine (C=N–C) groups is 1. The van der Waals surface area contributed by atoms with Gasteiger partial charge in [-0.1, -0.05) is 0 Å². The molecule has 1 N–H and O–H groups in total. The smallest absolute Gasteiger partial charge is 0.142 e. The summed E-state index contributed by atoms with van der Waals surface area (Å²) in [5, 5.41) is 4.60. The van der Waals surface area contributed by atoms with Crippen LogP contribution in [-0.4, -0.2) is 49.7 Å². The molecule has 0 radical (unpaired) electrons. The molecule has 0 spiro atoms. The Labute approximate surface area is 179 Å². The van der Waals surface area contributed by atoms with Crippen LogP contribution in [0.1, 0.15) is 28.0 Å². The molecule has 156 valence electrons. The van der Waals surface area contributed by atoms with Crippen LogP contribution in [0.3, 0.4) is 0 Å². The van der Waals surface area contributed by atoms with Gasteiger partial charge in [0.15, 0.2) is 0 Å². The van der Waals surface area contributed by atoms with Crippen molar-refractivity contribution in [2.24, 2.45) is 4.99 Å². The van der Waals surface area contributed by atoms with Crippen molar-refractivity contribution in [2.75, 3.05) is 33.3 Å². The van der Waals surface area contributed by atoms with Gasteiger partial charge in [0.1, 0.15) is 22.7 Å². The van der Waals surface area contributed by atoms with E-state index in [0.29, 0.717) is 13.2 Å². The Morgan fingerprint density at radius 1 is 1.20 bits per heavy atom. The Hall–Kier alpha value is -2.55. The molecule has 2 aliphatic rings. The molecule has 30 heavy (non-hydrogen) atoms. The van der Waals surface area contributed by atoms with E-state index in [1.165, 1.54) is 16.0 Å². The number of nitrogens with zero attached hydrogens (tertiary/aromatic N) is 3. The number of ether oxygens (including phenoxy) is 3. The van der Waals surface area contributed by atoms with Crippen LogP contribution in [0.25, 0.3) is 10.2 Å². The van der Waals surface area contributed by atoms with Crippen molar-refractivity contribution in [1.82, 2.24) is 9.97 Å². The Morgan fingerprint density at radius 2 is 2.10 bits per heavy atom. The predicted octanol–water partition coefficient (Wildman–Crippen LogP) is 3.90. The van der Waals surface area contributed by atoms with Crippen LogP contribution in [0.2, 0.25) is 0 Å². The highest BCUT2D eigenvalue weighted by Crippen LogP contribution is 2.43. The number of aromatic nitrogens is 2. The van der Waals surface area contributed by atoms with E-state index >= 15 is 0 Å². The van der Waals surface area contributed by atoms with Crippen LogP contribution in [-0.2, 0) is 28.9 Å². The number of anilines is 2. The van der Waals surface area contributed by atoms with Gasteiger partial charge in [-0.3, -0.25) is 4.99 Å². The minimum absolute atomic E-state index is 0.272. The van der Waals surface area contributed by atoms with Crippen molar-refractivity contribution in [3.05, 3.63) is 40.0 Å². The summed E-state index contributed by atoms with van der Waals surface area (Å²) in [7, 11) is 5.18. The van der Waals surface area contributed by atoms with Crippen LogP contribution in [0.15, 0.2) is 23.5 Å². The van der Waals surface area contributed by atoms with E-state index in [-0.39, 0.29) is 5.60 Å². The monoisotopic (exact) mass is 424 g/mol. The average Bonchev–Trinajstić information content (AvgIpc) is 3.36. The van der Waals surface area contributed by atoms with Crippen LogP contribution in [0.4, 0.5) is 11.5 Å². The first-order chi connectivity index (χ1) is 14.7. The molecule has 5 rings (SSSR count). The fourth-order valence-corrected chi connectivity index (χ4v) is 5.74. The Kier molecular flexibility index (Phi) is 4.92. The molecule has 1 aliphatic heterocycles. The van der Waals surface area contributed by atoms with E-state index in [9.17, 15) is 0 Å². The van der Waals surface area contributed by atoms with Gasteiger partial charge in [0.2, 0.25) is 0 Å². The Balaban J connectivity index is 1.56. The standard InChI is InChI=1S/C22H24N4O3S/c1-27-11-22(29-3)5-4-15-18(8-22)30-21-19(15)20(24-12-25-21)26-16-6-13-9-23-10-14(13)7-17(16)28-2/h6-7,9,12H,4-5,8,10-11H2,1-3H3,(H,24,25,26). The lowest BCUT2D eigenvalue weighted by Crippen LogP contribution is -2.41. The highest BCUT2D eigenvalue weighted by Gasteiger charge is 2.37. The molecule has 1 aromatic carbocycles. The number of hydrogen-bond donors (Lipinski definition) is 1. The largest absolute Gasteiger partial charge is 0.495 e. The quantitative estimate of drug-likeness (QED) is 0.647. The number of aryl methyl sites for hydroxylation is 1. The van der Waals surface area contributed by atoms with E-state index in [0.717, 1.165) is 52.3 Å². The molecule has 0 saturated carbocycles. The summed E-state index contributed by atoms with van der Waals surface area (Å²) in [4.78, 5) is 15.8. The first kappa shape index (κ1) is 19.4. The summed E-state index contributed by atoms with van der Waals surface area (Å²) in [6.07, 6.45) is 6.16. The number of rotatable bonds is 6. The lowest BCUT2D eigenvalue weighted by molar-refractivity contribution is -0.0714. The summed E-state index contributed by atoms with van der Waals surface area (Å²) in [6.45, 7) is 1.28. The van der Waals surface area contributed by atoms with Crippen molar-refractivity contribution >= 4 is 39.3 Å². The lowest BCUT2D eigenvalue weighted by Gasteiger charge is -2.35. The maximum absolute atomic E-state index is 5.87. The minimum Gasteiger partial charge on any atom is -0.495 e. The van der Waals surface area contributed by atoms with E-state index < -0.39 is 0 Å². The van der Waals surface area contributed by atoms with Crippen molar-refractivity contribution in [3.63, 3.8) is 0 Å². The molecule has 0 fully saturated rings. The van der Waals surface area contributed by atoms with Crippen molar-refractivity contribution in [2.45, 2.75) is 31.4 Å². The zero-order valence-corrected chi connectivity index (χ0v) is 18.1. The van der Waals surface area contributed by atoms with Crippen molar-refractivity contribution in [1.29, 1.82) is 0 Å². The fourth-order valence-electron chi connectivity index (χ4n) is 4.42. The predicted molar refractivity (Wildman–Crippen MR) is 119 cm³/mol. The molecular formula is C22H24N4O3S.